The van der Waals surface area contributed by atoms with E-state index in [2.05, 4.69) is 4.98 Å². The van der Waals surface area contributed by atoms with Crippen molar-refractivity contribution in [1.29, 1.82) is 0 Å². The van der Waals surface area contributed by atoms with Gasteiger partial charge in [0.2, 0.25) is 0 Å². The van der Waals surface area contributed by atoms with Gasteiger partial charge in [-0.05, 0) is 37.1 Å². The third-order valence-electron chi connectivity index (χ3n) is 3.09. The van der Waals surface area contributed by atoms with Crippen molar-refractivity contribution >= 4 is 17.6 Å². The largest absolute Gasteiger partial charge is 0.493 e. The summed E-state index contributed by atoms with van der Waals surface area (Å²) in [5, 5.41) is 0.0138. The van der Waals surface area contributed by atoms with Crippen LogP contribution in [0, 0.1) is 11.7 Å². The normalized spacial score (nSPS) is 10.8. The van der Waals surface area contributed by atoms with Gasteiger partial charge in [0.1, 0.15) is 16.7 Å². The summed E-state index contributed by atoms with van der Waals surface area (Å²) in [6.45, 7) is 6.46. The van der Waals surface area contributed by atoms with Gasteiger partial charge < -0.3 is 9.47 Å². The van der Waals surface area contributed by atoms with Crippen LogP contribution in [0.25, 0.3) is 11.3 Å². The molecule has 1 aromatic heterocycles. The van der Waals surface area contributed by atoms with Gasteiger partial charge in [0, 0.05) is 11.6 Å². The Labute approximate surface area is 145 Å². The SMILES string of the molecule is CCOC(=O)c1ccc(-c2cc(F)cc(OCC(C)C)c2)nc1Cl. The lowest BCUT2D eigenvalue weighted by Gasteiger charge is -2.11. The van der Waals surface area contributed by atoms with Crippen LogP contribution in [0.2, 0.25) is 5.15 Å². The second-order valence-electron chi connectivity index (χ2n) is 5.64. The van der Waals surface area contributed by atoms with E-state index in [9.17, 15) is 9.18 Å². The summed E-state index contributed by atoms with van der Waals surface area (Å²) in [6.07, 6.45) is 0. The predicted molar refractivity (Wildman–Crippen MR) is 90.9 cm³/mol. The first-order valence-corrected chi connectivity index (χ1v) is 8.06. The van der Waals surface area contributed by atoms with Crippen molar-refractivity contribution in [3.8, 4) is 17.0 Å². The number of carbonyl (C=O) groups excluding carboxylic acids is 1. The molecular weight excluding hydrogens is 333 g/mol. The molecule has 0 N–H and O–H groups in total. The van der Waals surface area contributed by atoms with Crippen LogP contribution in [0.4, 0.5) is 4.39 Å². The number of hydrogen-bond donors (Lipinski definition) is 0. The molecule has 128 valence electrons. The lowest BCUT2D eigenvalue weighted by molar-refractivity contribution is 0.0526. The zero-order valence-corrected chi connectivity index (χ0v) is 14.6. The summed E-state index contributed by atoms with van der Waals surface area (Å²) in [5.41, 5.74) is 1.14. The Kier molecular flexibility index (Phi) is 6.15. The Hall–Kier alpha value is -2.14. The van der Waals surface area contributed by atoms with Gasteiger partial charge in [-0.3, -0.25) is 0 Å². The van der Waals surface area contributed by atoms with Crippen molar-refractivity contribution in [1.82, 2.24) is 4.98 Å². The van der Waals surface area contributed by atoms with Crippen molar-refractivity contribution in [3.63, 3.8) is 0 Å². The number of ether oxygens (including phenoxy) is 2. The van der Waals surface area contributed by atoms with Crippen LogP contribution in [-0.4, -0.2) is 24.2 Å². The minimum Gasteiger partial charge on any atom is -0.493 e. The Balaban J connectivity index is 2.31. The molecule has 0 atom stereocenters. The number of aromatic nitrogens is 1. The highest BCUT2D eigenvalue weighted by atomic mass is 35.5. The summed E-state index contributed by atoms with van der Waals surface area (Å²) in [5.74, 6) is -0.223. The zero-order valence-electron chi connectivity index (χ0n) is 13.8. The highest BCUT2D eigenvalue weighted by molar-refractivity contribution is 6.32. The lowest BCUT2D eigenvalue weighted by atomic mass is 10.1. The Bertz CT molecular complexity index is 734. The number of esters is 1. The van der Waals surface area contributed by atoms with Gasteiger partial charge in [0.05, 0.1) is 24.5 Å². The van der Waals surface area contributed by atoms with Gasteiger partial charge in [0.15, 0.2) is 0 Å². The van der Waals surface area contributed by atoms with Gasteiger partial charge in [-0.1, -0.05) is 25.4 Å². The van der Waals surface area contributed by atoms with Crippen LogP contribution in [-0.2, 0) is 4.74 Å². The summed E-state index contributed by atoms with van der Waals surface area (Å²) in [4.78, 5) is 15.9. The number of rotatable bonds is 6. The molecule has 1 aromatic carbocycles. The van der Waals surface area contributed by atoms with Gasteiger partial charge in [-0.15, -0.1) is 0 Å². The summed E-state index contributed by atoms with van der Waals surface area (Å²) >= 11 is 6.06. The molecule has 0 aliphatic rings. The fraction of sp³-hybridized carbons (Fsp3) is 0.333. The maximum Gasteiger partial charge on any atom is 0.341 e. The number of nitrogens with zero attached hydrogens (tertiary/aromatic N) is 1. The molecule has 24 heavy (non-hydrogen) atoms. The van der Waals surface area contributed by atoms with Crippen LogP contribution in [0.15, 0.2) is 30.3 Å². The molecule has 0 saturated heterocycles. The molecule has 0 aliphatic carbocycles. The van der Waals surface area contributed by atoms with E-state index in [-0.39, 0.29) is 17.3 Å². The van der Waals surface area contributed by atoms with Crippen LogP contribution in [0.5, 0.6) is 5.75 Å². The second kappa shape index (κ2) is 8.11. The predicted octanol–water partition coefficient (Wildman–Crippen LogP) is 4.75. The van der Waals surface area contributed by atoms with Crippen LogP contribution >= 0.6 is 11.6 Å². The maximum absolute atomic E-state index is 13.8. The quantitative estimate of drug-likeness (QED) is 0.556. The molecule has 2 aromatic rings. The van der Waals surface area contributed by atoms with E-state index < -0.39 is 11.8 Å². The lowest BCUT2D eigenvalue weighted by Crippen LogP contribution is -2.06. The van der Waals surface area contributed by atoms with Crippen molar-refractivity contribution in [2.24, 2.45) is 5.92 Å². The van der Waals surface area contributed by atoms with Crippen LogP contribution in [0.3, 0.4) is 0 Å². The van der Waals surface area contributed by atoms with E-state index in [0.717, 1.165) is 0 Å². The first-order chi connectivity index (χ1) is 11.4. The van der Waals surface area contributed by atoms with Gasteiger partial charge in [0.25, 0.3) is 0 Å². The Morgan fingerprint density at radius 2 is 2.04 bits per heavy atom. The third kappa shape index (κ3) is 4.68. The van der Waals surface area contributed by atoms with E-state index in [4.69, 9.17) is 21.1 Å². The molecule has 0 aliphatic heterocycles. The minimum atomic E-state index is -0.540. The zero-order chi connectivity index (χ0) is 17.7. The number of hydrogen-bond acceptors (Lipinski definition) is 4. The number of carbonyl (C=O) groups is 1. The van der Waals surface area contributed by atoms with Crippen LogP contribution < -0.4 is 4.74 Å². The molecule has 1 heterocycles. The Morgan fingerprint density at radius 1 is 1.29 bits per heavy atom. The minimum absolute atomic E-state index is 0.0138. The molecule has 2 rings (SSSR count). The average Bonchev–Trinajstić information content (AvgIpc) is 2.52. The third-order valence-corrected chi connectivity index (χ3v) is 3.38. The van der Waals surface area contributed by atoms with Gasteiger partial charge in [-0.25, -0.2) is 14.2 Å². The van der Waals surface area contributed by atoms with Crippen molar-refractivity contribution in [2.45, 2.75) is 20.8 Å². The monoisotopic (exact) mass is 351 g/mol. The molecule has 0 fully saturated rings. The first kappa shape index (κ1) is 18.2. The van der Waals surface area contributed by atoms with E-state index in [1.807, 2.05) is 13.8 Å². The fourth-order valence-corrected chi connectivity index (χ4v) is 2.24. The molecular formula is C18H19ClFNO3. The van der Waals surface area contributed by atoms with E-state index in [1.54, 1.807) is 19.1 Å². The molecule has 6 heteroatoms. The molecule has 0 saturated carbocycles. The van der Waals surface area contributed by atoms with Crippen LogP contribution in [0.1, 0.15) is 31.1 Å². The molecule has 0 amide bonds. The van der Waals surface area contributed by atoms with Gasteiger partial charge >= 0.3 is 5.97 Å². The average molecular weight is 352 g/mol. The summed E-state index contributed by atoms with van der Waals surface area (Å²) in [6, 6.07) is 7.46. The maximum atomic E-state index is 13.8. The molecule has 4 nitrogen and oxygen atoms in total. The topological polar surface area (TPSA) is 48.4 Å². The molecule has 0 radical (unpaired) electrons. The highest BCUT2D eigenvalue weighted by Crippen LogP contribution is 2.27. The number of benzene rings is 1. The van der Waals surface area contributed by atoms with E-state index in [0.29, 0.717) is 29.5 Å². The van der Waals surface area contributed by atoms with E-state index in [1.165, 1.54) is 18.2 Å². The van der Waals surface area contributed by atoms with Crippen molar-refractivity contribution < 1.29 is 18.7 Å². The first-order valence-electron chi connectivity index (χ1n) is 7.68. The second-order valence-corrected chi connectivity index (χ2v) is 5.99. The number of pyridine rings is 1. The van der Waals surface area contributed by atoms with Crippen molar-refractivity contribution in [2.75, 3.05) is 13.2 Å². The molecule has 0 spiro atoms. The fourth-order valence-electron chi connectivity index (χ4n) is 2.01. The highest BCUT2D eigenvalue weighted by Gasteiger charge is 2.14. The summed E-state index contributed by atoms with van der Waals surface area (Å²) in [7, 11) is 0. The number of halogens is 2. The van der Waals surface area contributed by atoms with E-state index >= 15 is 0 Å². The standard InChI is InChI=1S/C18H19ClFNO3/c1-4-23-18(22)15-5-6-16(21-17(15)19)12-7-13(20)9-14(8-12)24-10-11(2)3/h5-9,11H,4,10H2,1-3H3. The summed E-state index contributed by atoms with van der Waals surface area (Å²) < 4.78 is 24.3. The van der Waals surface area contributed by atoms with Gasteiger partial charge in [-0.2, -0.15) is 0 Å². The smallest absolute Gasteiger partial charge is 0.341 e. The molecule has 0 bridgehead atoms. The molecule has 0 unspecified atom stereocenters. The van der Waals surface area contributed by atoms with Crippen molar-refractivity contribution in [3.05, 3.63) is 46.9 Å². The Morgan fingerprint density at radius 3 is 2.67 bits per heavy atom.